The molecule has 2 aromatic heterocycles. The van der Waals surface area contributed by atoms with Crippen LogP contribution in [0.25, 0.3) is 11.2 Å². The van der Waals surface area contributed by atoms with Crippen molar-refractivity contribution in [1.82, 2.24) is 18.7 Å². The van der Waals surface area contributed by atoms with E-state index in [0.29, 0.717) is 11.2 Å². The fourth-order valence-corrected chi connectivity index (χ4v) is 2.44. The molecule has 0 saturated heterocycles. The van der Waals surface area contributed by atoms with E-state index in [2.05, 4.69) is 4.98 Å². The minimum atomic E-state index is -0.383. The molecule has 0 fully saturated rings. The summed E-state index contributed by atoms with van der Waals surface area (Å²) in [6, 6.07) is 0. The molecular formula is C13H21N5O2. The lowest BCUT2D eigenvalue weighted by molar-refractivity contribution is 0.526. The molecule has 0 aliphatic carbocycles. The van der Waals surface area contributed by atoms with Crippen molar-refractivity contribution in [2.75, 3.05) is 6.54 Å². The summed E-state index contributed by atoms with van der Waals surface area (Å²) in [7, 11) is 3.42. The summed E-state index contributed by atoms with van der Waals surface area (Å²) in [6.07, 6.45) is 0. The summed E-state index contributed by atoms with van der Waals surface area (Å²) in [6.45, 7) is 6.50. The van der Waals surface area contributed by atoms with Gasteiger partial charge in [0.25, 0.3) is 5.56 Å². The summed E-state index contributed by atoms with van der Waals surface area (Å²) in [4.78, 5) is 29.2. The van der Waals surface area contributed by atoms with Crippen molar-refractivity contribution < 1.29 is 0 Å². The smallest absolute Gasteiger partial charge is 0.329 e. The summed E-state index contributed by atoms with van der Waals surface area (Å²) in [5, 5.41) is 0. The first-order valence-corrected chi connectivity index (χ1v) is 6.57. The second-order valence-electron chi connectivity index (χ2n) is 6.00. The van der Waals surface area contributed by atoms with E-state index in [1.807, 2.05) is 20.8 Å². The van der Waals surface area contributed by atoms with Gasteiger partial charge in [-0.25, -0.2) is 9.78 Å². The molecule has 110 valence electrons. The first kappa shape index (κ1) is 14.5. The van der Waals surface area contributed by atoms with Crippen LogP contribution >= 0.6 is 0 Å². The Labute approximate surface area is 116 Å². The van der Waals surface area contributed by atoms with Gasteiger partial charge in [-0.05, 0) is 0 Å². The van der Waals surface area contributed by atoms with E-state index >= 15 is 0 Å². The summed E-state index contributed by atoms with van der Waals surface area (Å²) in [5.74, 6) is 0.769. The van der Waals surface area contributed by atoms with E-state index in [-0.39, 0.29) is 29.8 Å². The van der Waals surface area contributed by atoms with Crippen molar-refractivity contribution >= 4 is 11.2 Å². The quantitative estimate of drug-likeness (QED) is 0.817. The third kappa shape index (κ3) is 1.98. The molecule has 20 heavy (non-hydrogen) atoms. The lowest BCUT2D eigenvalue weighted by atomic mass is 9.96. The average molecular weight is 279 g/mol. The van der Waals surface area contributed by atoms with Crippen LogP contribution in [0.5, 0.6) is 0 Å². The van der Waals surface area contributed by atoms with Gasteiger partial charge in [-0.15, -0.1) is 0 Å². The molecule has 2 N–H and O–H groups in total. The Bertz CT molecular complexity index is 773. The minimum absolute atomic E-state index is 0.206. The standard InChI is InChI=1S/C13H21N5O2/c1-13(2,3)11-15-9-8(16(11)4)10(19)18(7-6-14)12(20)17(9)5/h6-7,14H2,1-5H3. The van der Waals surface area contributed by atoms with Gasteiger partial charge in [-0.1, -0.05) is 20.8 Å². The number of hydrogen-bond acceptors (Lipinski definition) is 4. The fourth-order valence-electron chi connectivity index (χ4n) is 2.44. The molecule has 0 radical (unpaired) electrons. The Balaban J connectivity index is 2.98. The largest absolute Gasteiger partial charge is 0.332 e. The molecule has 0 spiro atoms. The Hall–Kier alpha value is -1.89. The van der Waals surface area contributed by atoms with Crippen molar-refractivity contribution in [2.45, 2.75) is 32.7 Å². The van der Waals surface area contributed by atoms with E-state index in [1.54, 1.807) is 18.7 Å². The Morgan fingerprint density at radius 2 is 1.75 bits per heavy atom. The van der Waals surface area contributed by atoms with E-state index in [0.717, 1.165) is 10.4 Å². The van der Waals surface area contributed by atoms with Gasteiger partial charge in [0.15, 0.2) is 11.2 Å². The number of imidazole rings is 1. The zero-order chi connectivity index (χ0) is 15.2. The summed E-state index contributed by atoms with van der Waals surface area (Å²) in [5.41, 5.74) is 5.40. The number of rotatable bonds is 2. The molecule has 0 aliphatic rings. The van der Waals surface area contributed by atoms with Gasteiger partial charge in [0.05, 0.1) is 0 Å². The minimum Gasteiger partial charge on any atom is -0.329 e. The normalized spacial score (nSPS) is 12.3. The van der Waals surface area contributed by atoms with Gasteiger partial charge >= 0.3 is 5.69 Å². The molecule has 2 aromatic rings. The average Bonchev–Trinajstić information content (AvgIpc) is 2.70. The second-order valence-corrected chi connectivity index (χ2v) is 6.00. The van der Waals surface area contributed by atoms with Crippen LogP contribution in [0.3, 0.4) is 0 Å². The highest BCUT2D eigenvalue weighted by atomic mass is 16.2. The molecule has 2 heterocycles. The third-order valence-electron chi connectivity index (χ3n) is 3.38. The summed E-state index contributed by atoms with van der Waals surface area (Å²) < 4.78 is 4.34. The molecule has 0 aromatic carbocycles. The van der Waals surface area contributed by atoms with Crippen LogP contribution in [-0.4, -0.2) is 25.2 Å². The highest BCUT2D eigenvalue weighted by Gasteiger charge is 2.25. The molecule has 0 unspecified atom stereocenters. The van der Waals surface area contributed by atoms with Crippen molar-refractivity contribution in [3.05, 3.63) is 26.7 Å². The first-order valence-electron chi connectivity index (χ1n) is 6.57. The second kappa shape index (κ2) is 4.59. The number of hydrogen-bond donors (Lipinski definition) is 1. The maximum atomic E-state index is 12.5. The van der Waals surface area contributed by atoms with Gasteiger partial charge in [-0.2, -0.15) is 0 Å². The monoisotopic (exact) mass is 279 g/mol. The predicted molar refractivity (Wildman–Crippen MR) is 78.0 cm³/mol. The fraction of sp³-hybridized carbons (Fsp3) is 0.615. The first-order chi connectivity index (χ1) is 9.20. The summed E-state index contributed by atoms with van der Waals surface area (Å²) >= 11 is 0. The maximum Gasteiger partial charge on any atom is 0.332 e. The maximum absolute atomic E-state index is 12.5. The topological polar surface area (TPSA) is 87.8 Å². The lowest BCUT2D eigenvalue weighted by Gasteiger charge is -2.17. The molecule has 2 rings (SSSR count). The molecule has 7 heteroatoms. The van der Waals surface area contributed by atoms with E-state index < -0.39 is 0 Å². The molecule has 0 saturated carbocycles. The van der Waals surface area contributed by atoms with Crippen LogP contribution in [0.4, 0.5) is 0 Å². The van der Waals surface area contributed by atoms with E-state index in [1.165, 1.54) is 4.57 Å². The van der Waals surface area contributed by atoms with Crippen LogP contribution in [0.1, 0.15) is 26.6 Å². The highest BCUT2D eigenvalue weighted by Crippen LogP contribution is 2.22. The molecule has 0 atom stereocenters. The zero-order valence-electron chi connectivity index (χ0n) is 12.6. The van der Waals surface area contributed by atoms with Gasteiger partial charge in [-0.3, -0.25) is 13.9 Å². The molecular weight excluding hydrogens is 258 g/mol. The SMILES string of the molecule is Cn1c(C(C)(C)C)nc2c1c(=O)n(CCN)c(=O)n2C. The highest BCUT2D eigenvalue weighted by molar-refractivity contribution is 5.71. The van der Waals surface area contributed by atoms with Gasteiger partial charge < -0.3 is 10.3 Å². The molecule has 0 aliphatic heterocycles. The Morgan fingerprint density at radius 1 is 1.15 bits per heavy atom. The third-order valence-corrected chi connectivity index (χ3v) is 3.38. The Morgan fingerprint density at radius 3 is 2.25 bits per heavy atom. The van der Waals surface area contributed by atoms with Crippen molar-refractivity contribution in [2.24, 2.45) is 19.8 Å². The van der Waals surface area contributed by atoms with Gasteiger partial charge in [0.1, 0.15) is 5.82 Å². The number of fused-ring (bicyclic) bond motifs is 1. The number of aromatic nitrogens is 4. The molecule has 7 nitrogen and oxygen atoms in total. The van der Waals surface area contributed by atoms with Gasteiger partial charge in [0.2, 0.25) is 0 Å². The number of nitrogens with zero attached hydrogens (tertiary/aromatic N) is 4. The molecule has 0 amide bonds. The zero-order valence-corrected chi connectivity index (χ0v) is 12.6. The van der Waals surface area contributed by atoms with Crippen LogP contribution in [0, 0.1) is 0 Å². The van der Waals surface area contributed by atoms with Crippen molar-refractivity contribution in [3.63, 3.8) is 0 Å². The van der Waals surface area contributed by atoms with E-state index in [4.69, 9.17) is 5.73 Å². The van der Waals surface area contributed by atoms with Gasteiger partial charge in [0, 0.05) is 32.6 Å². The van der Waals surface area contributed by atoms with Crippen molar-refractivity contribution in [3.8, 4) is 0 Å². The van der Waals surface area contributed by atoms with Crippen LogP contribution in [-0.2, 0) is 26.1 Å². The molecule has 0 bridgehead atoms. The lowest BCUT2D eigenvalue weighted by Crippen LogP contribution is -2.41. The van der Waals surface area contributed by atoms with E-state index in [9.17, 15) is 9.59 Å². The number of aryl methyl sites for hydroxylation is 2. The van der Waals surface area contributed by atoms with Crippen LogP contribution in [0.2, 0.25) is 0 Å². The Kier molecular flexibility index (Phi) is 3.33. The van der Waals surface area contributed by atoms with Crippen LogP contribution in [0.15, 0.2) is 9.59 Å². The predicted octanol–water partition coefficient (Wildman–Crippen LogP) is -0.310. The number of nitrogens with two attached hydrogens (primary N) is 1. The van der Waals surface area contributed by atoms with Crippen molar-refractivity contribution in [1.29, 1.82) is 0 Å². The van der Waals surface area contributed by atoms with Crippen LogP contribution < -0.4 is 17.0 Å².